The lowest BCUT2D eigenvalue weighted by Gasteiger charge is -2.52. The third kappa shape index (κ3) is 2.40. The van der Waals surface area contributed by atoms with Gasteiger partial charge in [0.1, 0.15) is 11.6 Å². The van der Waals surface area contributed by atoms with Crippen molar-refractivity contribution in [2.75, 3.05) is 0 Å². The average Bonchev–Trinajstić information content (AvgIpc) is 3.02. The molecule has 2 aliphatic rings. The third-order valence-electron chi connectivity index (χ3n) is 7.00. The van der Waals surface area contributed by atoms with E-state index in [1.165, 1.54) is 0 Å². The summed E-state index contributed by atoms with van der Waals surface area (Å²) in [4.78, 5) is 26.0. The van der Waals surface area contributed by atoms with Crippen molar-refractivity contribution in [1.82, 2.24) is 9.78 Å². The van der Waals surface area contributed by atoms with Crippen molar-refractivity contribution in [1.29, 1.82) is 5.26 Å². The van der Waals surface area contributed by atoms with Gasteiger partial charge in [-0.15, -0.1) is 0 Å². The molecule has 0 radical (unpaired) electrons. The second-order valence-corrected chi connectivity index (χ2v) is 8.97. The number of hydrogen-bond donors (Lipinski definition) is 0. The molecule has 0 N–H and O–H groups in total. The second-order valence-electron chi connectivity index (χ2n) is 8.97. The predicted molar refractivity (Wildman–Crippen MR) is 105 cm³/mol. The van der Waals surface area contributed by atoms with Crippen molar-refractivity contribution in [2.24, 2.45) is 24.3 Å². The first kappa shape index (κ1) is 18.6. The van der Waals surface area contributed by atoms with Gasteiger partial charge in [-0.05, 0) is 25.2 Å². The quantitative estimate of drug-likeness (QED) is 0.752. The van der Waals surface area contributed by atoms with Gasteiger partial charge >= 0.3 is 0 Å². The molecule has 2 aliphatic carbocycles. The van der Waals surface area contributed by atoms with Gasteiger partial charge in [0.05, 0.1) is 11.8 Å². The maximum Gasteiger partial charge on any atom is 0.211 e. The van der Waals surface area contributed by atoms with Crippen LogP contribution in [0, 0.1) is 28.6 Å². The van der Waals surface area contributed by atoms with Crippen LogP contribution in [0.1, 0.15) is 60.9 Å². The van der Waals surface area contributed by atoms with Crippen LogP contribution in [0.15, 0.2) is 30.3 Å². The molecule has 0 bridgehead atoms. The number of ketones is 2. The zero-order chi connectivity index (χ0) is 20.3. The van der Waals surface area contributed by atoms with Gasteiger partial charge in [-0.1, -0.05) is 51.1 Å². The molecule has 0 spiro atoms. The Morgan fingerprint density at radius 1 is 1.25 bits per heavy atom. The predicted octanol–water partition coefficient (Wildman–Crippen LogP) is 3.61. The first-order valence-electron chi connectivity index (χ1n) is 9.82. The molecule has 1 heterocycles. The molecule has 0 amide bonds. The molecule has 1 aromatic heterocycles. The number of rotatable bonds is 2. The van der Waals surface area contributed by atoms with Gasteiger partial charge in [0.25, 0.3) is 0 Å². The fourth-order valence-corrected chi connectivity index (χ4v) is 5.68. The van der Waals surface area contributed by atoms with E-state index in [2.05, 4.69) is 13.0 Å². The van der Waals surface area contributed by atoms with Crippen molar-refractivity contribution < 1.29 is 9.59 Å². The van der Waals surface area contributed by atoms with Gasteiger partial charge in [0, 0.05) is 29.0 Å². The number of benzene rings is 1. The SMILES string of the molecule is Cn1nc2c(c1C(=O)c1ccccc1)CC[C@H]1C(C)(C)C(=O)C(C#N)C[C@]21C. The highest BCUT2D eigenvalue weighted by molar-refractivity contribution is 6.09. The van der Waals surface area contributed by atoms with E-state index in [1.54, 1.807) is 4.68 Å². The Hall–Kier alpha value is -2.74. The summed E-state index contributed by atoms with van der Waals surface area (Å²) in [5.74, 6) is -0.504. The Morgan fingerprint density at radius 2 is 1.93 bits per heavy atom. The standard InChI is InChI=1S/C23H25N3O2/c1-22(2)17-11-10-16-18(19(27)14-8-6-5-7-9-14)26(4)25-20(16)23(17,3)12-15(13-24)21(22)28/h5-9,15,17H,10-12H2,1-4H3/t15?,17-,23-/m0/s1. The van der Waals surface area contributed by atoms with Gasteiger partial charge < -0.3 is 0 Å². The van der Waals surface area contributed by atoms with Crippen molar-refractivity contribution in [3.8, 4) is 6.07 Å². The van der Waals surface area contributed by atoms with Crippen LogP contribution in [0.4, 0.5) is 0 Å². The lowest BCUT2D eigenvalue weighted by Crippen LogP contribution is -2.55. The molecule has 5 nitrogen and oxygen atoms in total. The number of aryl methyl sites for hydroxylation is 1. The fourth-order valence-electron chi connectivity index (χ4n) is 5.68. The van der Waals surface area contributed by atoms with E-state index in [0.717, 1.165) is 24.1 Å². The monoisotopic (exact) mass is 375 g/mol. The first-order chi connectivity index (χ1) is 13.2. The van der Waals surface area contributed by atoms with Crippen molar-refractivity contribution in [3.05, 3.63) is 52.8 Å². The maximum atomic E-state index is 13.2. The maximum absolute atomic E-state index is 13.2. The summed E-state index contributed by atoms with van der Waals surface area (Å²) in [5.41, 5.74) is 2.19. The van der Waals surface area contributed by atoms with E-state index in [4.69, 9.17) is 5.10 Å². The first-order valence-corrected chi connectivity index (χ1v) is 9.82. The molecule has 0 saturated heterocycles. The van der Waals surface area contributed by atoms with E-state index >= 15 is 0 Å². The molecule has 28 heavy (non-hydrogen) atoms. The molecule has 1 fully saturated rings. The number of nitrogens with zero attached hydrogens (tertiary/aromatic N) is 3. The van der Waals surface area contributed by atoms with Crippen molar-refractivity contribution in [3.63, 3.8) is 0 Å². The van der Waals surface area contributed by atoms with Gasteiger partial charge in [-0.3, -0.25) is 14.3 Å². The number of aromatic nitrogens is 2. The van der Waals surface area contributed by atoms with Gasteiger partial charge in [-0.25, -0.2) is 0 Å². The Kier molecular flexibility index (Phi) is 4.08. The molecule has 0 aliphatic heterocycles. The van der Waals surface area contributed by atoms with Crippen molar-refractivity contribution in [2.45, 2.75) is 45.4 Å². The fraction of sp³-hybridized carbons (Fsp3) is 0.478. The summed E-state index contributed by atoms with van der Waals surface area (Å²) >= 11 is 0. The number of carbonyl (C=O) groups excluding carboxylic acids is 2. The highest BCUT2D eigenvalue weighted by Gasteiger charge is 2.58. The summed E-state index contributed by atoms with van der Waals surface area (Å²) in [7, 11) is 1.81. The highest BCUT2D eigenvalue weighted by atomic mass is 16.1. The number of nitriles is 1. The average molecular weight is 375 g/mol. The molecular formula is C23H25N3O2. The Balaban J connectivity index is 1.85. The molecule has 5 heteroatoms. The largest absolute Gasteiger partial charge is 0.298 e. The van der Waals surface area contributed by atoms with Crippen LogP contribution in [0.5, 0.6) is 0 Å². The van der Waals surface area contributed by atoms with Gasteiger partial charge in [-0.2, -0.15) is 10.4 Å². The normalized spacial score (nSPS) is 28.2. The number of hydrogen-bond acceptors (Lipinski definition) is 4. The van der Waals surface area contributed by atoms with Crippen LogP contribution in [-0.2, 0) is 23.7 Å². The van der Waals surface area contributed by atoms with Gasteiger partial charge in [0.2, 0.25) is 5.78 Å². The van der Waals surface area contributed by atoms with Crippen LogP contribution in [0.25, 0.3) is 0 Å². The van der Waals surface area contributed by atoms with Crippen molar-refractivity contribution >= 4 is 11.6 Å². The zero-order valence-electron chi connectivity index (χ0n) is 16.8. The van der Waals surface area contributed by atoms with Gasteiger partial charge in [0.15, 0.2) is 5.78 Å². The van der Waals surface area contributed by atoms with Crippen LogP contribution >= 0.6 is 0 Å². The Morgan fingerprint density at radius 3 is 2.57 bits per heavy atom. The topological polar surface area (TPSA) is 75.8 Å². The highest BCUT2D eigenvalue weighted by Crippen LogP contribution is 2.57. The minimum Gasteiger partial charge on any atom is -0.298 e. The minimum atomic E-state index is -0.627. The van der Waals surface area contributed by atoms with E-state index in [9.17, 15) is 14.9 Å². The number of carbonyl (C=O) groups is 2. The Labute approximate surface area is 165 Å². The molecular weight excluding hydrogens is 350 g/mol. The summed E-state index contributed by atoms with van der Waals surface area (Å²) in [5, 5.41) is 14.4. The lowest BCUT2D eigenvalue weighted by atomic mass is 9.49. The van der Waals surface area contributed by atoms with Crippen LogP contribution in [-0.4, -0.2) is 21.3 Å². The molecule has 4 rings (SSSR count). The lowest BCUT2D eigenvalue weighted by molar-refractivity contribution is -0.140. The summed E-state index contributed by atoms with van der Waals surface area (Å²) in [6.45, 7) is 6.05. The molecule has 1 unspecified atom stereocenters. The third-order valence-corrected chi connectivity index (χ3v) is 7.00. The Bertz CT molecular complexity index is 1010. The van der Waals surface area contributed by atoms with E-state index in [1.807, 2.05) is 51.2 Å². The minimum absolute atomic E-state index is 0.0260. The molecule has 2 aromatic rings. The second kappa shape index (κ2) is 6.13. The van der Waals surface area contributed by atoms with Crippen LogP contribution in [0.3, 0.4) is 0 Å². The summed E-state index contributed by atoms with van der Waals surface area (Å²) in [6, 6.07) is 11.5. The zero-order valence-corrected chi connectivity index (χ0v) is 16.8. The molecule has 1 aromatic carbocycles. The smallest absolute Gasteiger partial charge is 0.211 e. The molecule has 144 valence electrons. The summed E-state index contributed by atoms with van der Waals surface area (Å²) < 4.78 is 1.69. The summed E-state index contributed by atoms with van der Waals surface area (Å²) in [6.07, 6.45) is 2.02. The molecule has 1 saturated carbocycles. The number of fused-ring (bicyclic) bond motifs is 3. The van der Waals surface area contributed by atoms with Crippen LogP contribution in [0.2, 0.25) is 0 Å². The van der Waals surface area contributed by atoms with E-state index in [-0.39, 0.29) is 17.5 Å². The van der Waals surface area contributed by atoms with E-state index < -0.39 is 16.7 Å². The van der Waals surface area contributed by atoms with Crippen LogP contribution < -0.4 is 0 Å². The molecule has 3 atom stereocenters. The van der Waals surface area contributed by atoms with E-state index in [0.29, 0.717) is 17.7 Å². The number of Topliss-reactive ketones (excluding diaryl/α,β-unsaturated/α-hetero) is 1.